The minimum absolute atomic E-state index is 0.102. The van der Waals surface area contributed by atoms with Gasteiger partial charge in [0, 0.05) is 37.2 Å². The number of likely N-dealkylation sites (N-methyl/N-ethyl adjacent to an activating group) is 1. The van der Waals surface area contributed by atoms with Gasteiger partial charge in [-0.3, -0.25) is 14.7 Å². The van der Waals surface area contributed by atoms with Gasteiger partial charge in [0.1, 0.15) is 23.5 Å². The van der Waals surface area contributed by atoms with Crippen molar-refractivity contribution in [1.29, 1.82) is 0 Å². The molecule has 1 atom stereocenters. The molecule has 1 fully saturated rings. The molecule has 0 bridgehead atoms. The van der Waals surface area contributed by atoms with Gasteiger partial charge in [-0.15, -0.1) is 16.9 Å². The van der Waals surface area contributed by atoms with Crippen LogP contribution in [0.2, 0.25) is 0 Å². The summed E-state index contributed by atoms with van der Waals surface area (Å²) in [5.74, 6) is 0.249. The van der Waals surface area contributed by atoms with Gasteiger partial charge in [0.2, 0.25) is 11.7 Å². The van der Waals surface area contributed by atoms with Gasteiger partial charge in [-0.1, -0.05) is 18.2 Å². The number of rotatable bonds is 5. The van der Waals surface area contributed by atoms with Gasteiger partial charge >= 0.3 is 0 Å². The maximum Gasteiger partial charge on any atom is 0.291 e. The Kier molecular flexibility index (Phi) is 6.64. The van der Waals surface area contributed by atoms with E-state index in [0.29, 0.717) is 36.0 Å². The second kappa shape index (κ2) is 10.0. The van der Waals surface area contributed by atoms with Gasteiger partial charge in [-0.05, 0) is 17.7 Å². The van der Waals surface area contributed by atoms with Crippen LogP contribution in [0.15, 0.2) is 41.4 Å². The number of carbonyl (C=O) groups is 2. The molecule has 12 heteroatoms. The Morgan fingerprint density at radius 1 is 1.31 bits per heavy atom. The normalized spacial score (nSPS) is 18.2. The van der Waals surface area contributed by atoms with Gasteiger partial charge < -0.3 is 19.9 Å². The van der Waals surface area contributed by atoms with Gasteiger partial charge in [0.15, 0.2) is 0 Å². The van der Waals surface area contributed by atoms with Crippen molar-refractivity contribution < 1.29 is 18.7 Å². The van der Waals surface area contributed by atoms with E-state index in [1.54, 1.807) is 31.4 Å². The van der Waals surface area contributed by atoms with E-state index in [4.69, 9.17) is 4.74 Å². The van der Waals surface area contributed by atoms with Crippen molar-refractivity contribution in [3.8, 4) is 0 Å². The lowest BCUT2D eigenvalue weighted by Crippen LogP contribution is -2.48. The second-order valence-corrected chi connectivity index (χ2v) is 9.28. The van der Waals surface area contributed by atoms with Crippen molar-refractivity contribution >= 4 is 35.1 Å². The van der Waals surface area contributed by atoms with Crippen molar-refractivity contribution in [2.75, 3.05) is 48.9 Å². The van der Waals surface area contributed by atoms with Crippen molar-refractivity contribution in [1.82, 2.24) is 25.5 Å². The molecule has 2 aromatic heterocycles. The number of amides is 2. The zero-order valence-electron chi connectivity index (χ0n) is 19.0. The molecule has 0 radical (unpaired) electrons. The minimum Gasteiger partial charge on any atom is -0.378 e. The fourth-order valence-electron chi connectivity index (χ4n) is 3.97. The van der Waals surface area contributed by atoms with Crippen LogP contribution in [-0.4, -0.2) is 77.1 Å². The summed E-state index contributed by atoms with van der Waals surface area (Å²) in [4.78, 5) is 39.2. The maximum absolute atomic E-state index is 13.9. The Labute approximate surface area is 205 Å². The number of carbonyl (C=O) groups excluding carboxylic acids is 2. The monoisotopic (exact) mass is 497 g/mol. The van der Waals surface area contributed by atoms with Gasteiger partial charge in [-0.2, -0.15) is 0 Å². The molecule has 0 spiro atoms. The lowest BCUT2D eigenvalue weighted by Gasteiger charge is -2.28. The highest BCUT2D eigenvalue weighted by Crippen LogP contribution is 2.35. The summed E-state index contributed by atoms with van der Waals surface area (Å²) in [5.41, 5.74) is 1.13. The topological polar surface area (TPSA) is 116 Å². The predicted molar refractivity (Wildman–Crippen MR) is 128 cm³/mol. The smallest absolute Gasteiger partial charge is 0.291 e. The lowest BCUT2D eigenvalue weighted by atomic mass is 10.1. The lowest BCUT2D eigenvalue weighted by molar-refractivity contribution is -0.119. The molecule has 1 saturated heterocycles. The average molecular weight is 498 g/mol. The number of nitrogens with zero attached hydrogens (tertiary/aromatic N) is 5. The first-order valence-corrected chi connectivity index (χ1v) is 12.2. The van der Waals surface area contributed by atoms with Crippen LogP contribution in [-0.2, 0) is 16.0 Å². The summed E-state index contributed by atoms with van der Waals surface area (Å²) in [6, 6.07) is 7.54. The van der Waals surface area contributed by atoms with Crippen LogP contribution in [0.3, 0.4) is 0 Å². The van der Waals surface area contributed by atoms with Crippen LogP contribution in [0.5, 0.6) is 0 Å². The average Bonchev–Trinajstić information content (AvgIpc) is 3.32. The number of halogens is 1. The summed E-state index contributed by atoms with van der Waals surface area (Å²) in [6.07, 6.45) is 1.86. The molecule has 0 aliphatic carbocycles. The number of morpholine rings is 1. The van der Waals surface area contributed by atoms with Gasteiger partial charge in [-0.25, -0.2) is 14.4 Å². The van der Waals surface area contributed by atoms with E-state index in [2.05, 4.69) is 30.4 Å². The molecule has 1 aromatic carbocycles. The van der Waals surface area contributed by atoms with Crippen LogP contribution in [0.1, 0.15) is 22.0 Å². The first-order valence-electron chi connectivity index (χ1n) is 11.2. The molecule has 10 nitrogen and oxygen atoms in total. The van der Waals surface area contributed by atoms with E-state index in [1.807, 2.05) is 6.07 Å². The van der Waals surface area contributed by atoms with Crippen LogP contribution >= 0.6 is 11.8 Å². The molecular weight excluding hydrogens is 473 g/mol. The highest BCUT2D eigenvalue weighted by Gasteiger charge is 2.31. The second-order valence-electron chi connectivity index (χ2n) is 8.22. The number of anilines is 2. The summed E-state index contributed by atoms with van der Waals surface area (Å²) >= 11 is 1.48. The van der Waals surface area contributed by atoms with Gasteiger partial charge in [0.25, 0.3) is 5.91 Å². The van der Waals surface area contributed by atoms with E-state index < -0.39 is 11.9 Å². The number of aromatic amines is 1. The quantitative estimate of drug-likeness (QED) is 0.547. The zero-order chi connectivity index (χ0) is 24.4. The number of fused-ring (bicyclic) bond motifs is 1. The highest BCUT2D eigenvalue weighted by atomic mass is 32.2. The SMILES string of the molecule is CN1C(=O)[C@@H](NC(=O)c2n[nH]c(Cc3ccccc3F)n2)CSc2cc(N3CCOCC3)ncc21. The summed E-state index contributed by atoms with van der Waals surface area (Å²) < 4.78 is 19.3. The Morgan fingerprint density at radius 2 is 2.11 bits per heavy atom. The number of pyridine rings is 1. The molecule has 3 aromatic rings. The molecular formula is C23H24FN7O3S. The zero-order valence-corrected chi connectivity index (χ0v) is 19.8. The van der Waals surface area contributed by atoms with E-state index in [0.717, 1.165) is 23.8 Å². The van der Waals surface area contributed by atoms with Crippen molar-refractivity contribution in [2.24, 2.45) is 0 Å². The number of hydrogen-bond donors (Lipinski definition) is 2. The summed E-state index contributed by atoms with van der Waals surface area (Å²) in [6.45, 7) is 2.84. The first-order chi connectivity index (χ1) is 17.0. The van der Waals surface area contributed by atoms with E-state index in [9.17, 15) is 14.0 Å². The van der Waals surface area contributed by atoms with Crippen molar-refractivity contribution in [3.05, 3.63) is 59.6 Å². The van der Waals surface area contributed by atoms with E-state index in [1.165, 1.54) is 22.7 Å². The molecule has 2 amide bonds. The Bertz CT molecular complexity index is 1250. The van der Waals surface area contributed by atoms with Crippen molar-refractivity contribution in [3.63, 3.8) is 0 Å². The number of thioether (sulfide) groups is 1. The molecule has 2 aliphatic rings. The third-order valence-electron chi connectivity index (χ3n) is 5.92. The Hall–Kier alpha value is -3.51. The molecule has 0 unspecified atom stereocenters. The summed E-state index contributed by atoms with van der Waals surface area (Å²) in [5, 5.41) is 9.36. The molecule has 2 N–H and O–H groups in total. The van der Waals surface area contributed by atoms with Crippen LogP contribution in [0.25, 0.3) is 0 Å². The molecule has 5 rings (SSSR count). The molecule has 0 saturated carbocycles. The predicted octanol–water partition coefficient (Wildman–Crippen LogP) is 1.63. The van der Waals surface area contributed by atoms with Crippen molar-refractivity contribution in [2.45, 2.75) is 17.4 Å². The molecule has 2 aliphatic heterocycles. The third-order valence-corrected chi connectivity index (χ3v) is 7.06. The highest BCUT2D eigenvalue weighted by molar-refractivity contribution is 7.99. The molecule has 35 heavy (non-hydrogen) atoms. The largest absolute Gasteiger partial charge is 0.378 e. The molecule has 4 heterocycles. The van der Waals surface area contributed by atoms with E-state index in [-0.39, 0.29) is 24.0 Å². The van der Waals surface area contributed by atoms with E-state index >= 15 is 0 Å². The van der Waals surface area contributed by atoms with Crippen LogP contribution < -0.4 is 15.1 Å². The fraction of sp³-hybridized carbons (Fsp3) is 0.348. The number of nitrogens with one attached hydrogen (secondary N) is 2. The summed E-state index contributed by atoms with van der Waals surface area (Å²) in [7, 11) is 1.67. The number of ether oxygens (including phenoxy) is 1. The number of benzene rings is 1. The first kappa shape index (κ1) is 23.2. The number of hydrogen-bond acceptors (Lipinski definition) is 8. The number of H-pyrrole nitrogens is 1. The fourth-order valence-corrected chi connectivity index (χ4v) is 5.07. The van der Waals surface area contributed by atoms with Crippen LogP contribution in [0.4, 0.5) is 15.9 Å². The molecule has 182 valence electrons. The Balaban J connectivity index is 1.27. The maximum atomic E-state index is 13.9. The standard InChI is InChI=1S/C23H24FN7O3S/c1-30-17-12-25-20(31-6-8-34-9-7-31)11-18(17)35-13-16(23(30)33)26-22(32)21-27-19(28-29-21)10-14-4-2-3-5-15(14)24/h2-5,11-12,16H,6-10,13H2,1H3,(H,26,32)(H,27,28,29)/t16-/m0/s1. The van der Waals surface area contributed by atoms with Gasteiger partial charge in [0.05, 0.1) is 25.1 Å². The minimum atomic E-state index is -0.773. The Morgan fingerprint density at radius 3 is 2.91 bits per heavy atom. The number of aromatic nitrogens is 4. The van der Waals surface area contributed by atoms with Crippen LogP contribution in [0, 0.1) is 5.82 Å². The third kappa shape index (κ3) is 4.98.